The number of ether oxygens (including phenoxy) is 2. The number of hydrogen-bond acceptors (Lipinski definition) is 3. The Morgan fingerprint density at radius 3 is 2.50 bits per heavy atom. The van der Waals surface area contributed by atoms with Crippen LogP contribution in [0.3, 0.4) is 0 Å². The largest absolute Gasteiger partial charge is 0.486 e. The van der Waals surface area contributed by atoms with Crippen LogP contribution in [0.15, 0.2) is 12.1 Å². The molecule has 0 radical (unpaired) electrons. The van der Waals surface area contributed by atoms with Crippen molar-refractivity contribution in [3.8, 4) is 11.5 Å². The zero-order valence-electron chi connectivity index (χ0n) is 8.93. The summed E-state index contributed by atoms with van der Waals surface area (Å²) in [5, 5.41) is 0.305. The minimum Gasteiger partial charge on any atom is -0.486 e. The molecule has 1 aliphatic rings. The van der Waals surface area contributed by atoms with E-state index < -0.39 is 5.67 Å². The highest BCUT2D eigenvalue weighted by Gasteiger charge is 2.29. The van der Waals surface area contributed by atoms with Gasteiger partial charge < -0.3 is 15.2 Å². The first-order chi connectivity index (χ1) is 7.54. The molecular formula is C11H13ClFNO2. The van der Waals surface area contributed by atoms with Crippen molar-refractivity contribution in [2.75, 3.05) is 19.8 Å². The van der Waals surface area contributed by atoms with Gasteiger partial charge in [-0.1, -0.05) is 11.6 Å². The van der Waals surface area contributed by atoms with Crippen LogP contribution >= 0.6 is 11.6 Å². The molecule has 1 aromatic carbocycles. The second-order valence-electron chi connectivity index (χ2n) is 3.88. The first-order valence-corrected chi connectivity index (χ1v) is 5.41. The number of halogens is 2. The lowest BCUT2D eigenvalue weighted by molar-refractivity contribution is 0.168. The molecule has 0 aliphatic carbocycles. The predicted molar refractivity (Wildman–Crippen MR) is 60.0 cm³/mol. The zero-order chi connectivity index (χ0) is 11.8. The fourth-order valence-corrected chi connectivity index (χ4v) is 1.92. The molecule has 1 heterocycles. The zero-order valence-corrected chi connectivity index (χ0v) is 9.68. The fourth-order valence-electron chi connectivity index (χ4n) is 1.57. The summed E-state index contributed by atoms with van der Waals surface area (Å²) in [5.74, 6) is 1.07. The van der Waals surface area contributed by atoms with Gasteiger partial charge in [0.1, 0.15) is 18.9 Å². The lowest BCUT2D eigenvalue weighted by Crippen LogP contribution is -2.27. The Kier molecular flexibility index (Phi) is 2.95. The summed E-state index contributed by atoms with van der Waals surface area (Å²) in [4.78, 5) is 0. The van der Waals surface area contributed by atoms with Crippen molar-refractivity contribution in [1.29, 1.82) is 0 Å². The standard InChI is InChI=1S/C11H13ClFNO2/c1-11(13,6-14)7-4-9-10(5-8(7)12)16-3-2-15-9/h4-5H,2-3,6,14H2,1H3. The molecule has 0 fully saturated rings. The average molecular weight is 246 g/mol. The van der Waals surface area contributed by atoms with Crippen LogP contribution < -0.4 is 15.2 Å². The van der Waals surface area contributed by atoms with Gasteiger partial charge in [-0.3, -0.25) is 0 Å². The van der Waals surface area contributed by atoms with Crippen LogP contribution in [-0.2, 0) is 5.67 Å². The Hall–Kier alpha value is -1.00. The number of nitrogens with two attached hydrogens (primary N) is 1. The van der Waals surface area contributed by atoms with Crippen molar-refractivity contribution in [2.24, 2.45) is 5.73 Å². The van der Waals surface area contributed by atoms with Gasteiger partial charge in [-0.05, 0) is 13.0 Å². The van der Waals surface area contributed by atoms with E-state index in [1.165, 1.54) is 6.92 Å². The van der Waals surface area contributed by atoms with E-state index in [2.05, 4.69) is 0 Å². The second-order valence-corrected chi connectivity index (χ2v) is 4.28. The van der Waals surface area contributed by atoms with E-state index in [-0.39, 0.29) is 6.54 Å². The van der Waals surface area contributed by atoms with Crippen LogP contribution in [0.1, 0.15) is 12.5 Å². The van der Waals surface area contributed by atoms with Gasteiger partial charge in [-0.25, -0.2) is 4.39 Å². The number of rotatable bonds is 2. The van der Waals surface area contributed by atoms with E-state index in [9.17, 15) is 4.39 Å². The summed E-state index contributed by atoms with van der Waals surface area (Å²) >= 11 is 5.99. The topological polar surface area (TPSA) is 44.5 Å². The third-order valence-electron chi connectivity index (χ3n) is 2.58. The first kappa shape index (κ1) is 11.5. The molecule has 3 nitrogen and oxygen atoms in total. The second kappa shape index (κ2) is 4.11. The normalized spacial score (nSPS) is 18.0. The van der Waals surface area contributed by atoms with Crippen LogP contribution in [0.5, 0.6) is 11.5 Å². The SMILES string of the molecule is CC(F)(CN)c1cc2c(cc1Cl)OCCO2. The Morgan fingerprint density at radius 2 is 1.94 bits per heavy atom. The van der Waals surface area contributed by atoms with Gasteiger partial charge in [0.2, 0.25) is 0 Å². The molecule has 1 unspecified atom stereocenters. The molecule has 5 heteroatoms. The molecule has 0 spiro atoms. The van der Waals surface area contributed by atoms with Crippen molar-refractivity contribution >= 4 is 11.6 Å². The van der Waals surface area contributed by atoms with Crippen molar-refractivity contribution < 1.29 is 13.9 Å². The number of hydrogen-bond donors (Lipinski definition) is 1. The van der Waals surface area contributed by atoms with E-state index in [4.69, 9.17) is 26.8 Å². The van der Waals surface area contributed by atoms with Crippen molar-refractivity contribution in [3.63, 3.8) is 0 Å². The number of alkyl halides is 1. The predicted octanol–water partition coefficient (Wildman–Crippen LogP) is 2.25. The van der Waals surface area contributed by atoms with Crippen LogP contribution in [0.25, 0.3) is 0 Å². The molecule has 0 amide bonds. The quantitative estimate of drug-likeness (QED) is 0.869. The third-order valence-corrected chi connectivity index (χ3v) is 2.89. The number of benzene rings is 1. The maximum absolute atomic E-state index is 14.1. The molecule has 1 aliphatic heterocycles. The molecule has 2 N–H and O–H groups in total. The summed E-state index contributed by atoms with van der Waals surface area (Å²) in [6.45, 7) is 2.20. The summed E-state index contributed by atoms with van der Waals surface area (Å²) in [7, 11) is 0. The monoisotopic (exact) mass is 245 g/mol. The molecule has 0 saturated heterocycles. The molecule has 88 valence electrons. The van der Waals surface area contributed by atoms with Gasteiger partial charge in [0.25, 0.3) is 0 Å². The Balaban J connectivity index is 2.47. The van der Waals surface area contributed by atoms with Gasteiger partial charge in [0, 0.05) is 18.2 Å². The first-order valence-electron chi connectivity index (χ1n) is 5.03. The van der Waals surface area contributed by atoms with E-state index in [0.717, 1.165) is 0 Å². The van der Waals surface area contributed by atoms with E-state index in [0.29, 0.717) is 35.3 Å². The van der Waals surface area contributed by atoms with Gasteiger partial charge in [0.05, 0.1) is 5.02 Å². The minimum atomic E-state index is -1.66. The molecule has 0 aromatic heterocycles. The highest BCUT2D eigenvalue weighted by molar-refractivity contribution is 6.31. The maximum atomic E-state index is 14.1. The Labute approximate surface area is 98.3 Å². The van der Waals surface area contributed by atoms with E-state index in [1.807, 2.05) is 0 Å². The summed E-state index contributed by atoms with van der Waals surface area (Å²) < 4.78 is 24.8. The molecule has 0 saturated carbocycles. The Bertz CT molecular complexity index is 409. The minimum absolute atomic E-state index is 0.133. The summed E-state index contributed by atoms with van der Waals surface area (Å²) in [6, 6.07) is 3.13. The molecule has 1 aromatic rings. The molecule has 16 heavy (non-hydrogen) atoms. The molecule has 2 rings (SSSR count). The average Bonchev–Trinajstić information content (AvgIpc) is 2.28. The highest BCUT2D eigenvalue weighted by atomic mass is 35.5. The van der Waals surface area contributed by atoms with Gasteiger partial charge in [0.15, 0.2) is 11.5 Å². The van der Waals surface area contributed by atoms with Gasteiger partial charge in [-0.2, -0.15) is 0 Å². The smallest absolute Gasteiger partial charge is 0.162 e. The van der Waals surface area contributed by atoms with Gasteiger partial charge in [-0.15, -0.1) is 0 Å². The van der Waals surface area contributed by atoms with Crippen molar-refractivity contribution in [2.45, 2.75) is 12.6 Å². The Morgan fingerprint density at radius 1 is 1.38 bits per heavy atom. The van der Waals surface area contributed by atoms with E-state index in [1.54, 1.807) is 12.1 Å². The van der Waals surface area contributed by atoms with Crippen LogP contribution in [0, 0.1) is 0 Å². The lowest BCUT2D eigenvalue weighted by atomic mass is 9.97. The number of fused-ring (bicyclic) bond motifs is 1. The maximum Gasteiger partial charge on any atom is 0.162 e. The summed E-state index contributed by atoms with van der Waals surface area (Å²) in [6.07, 6.45) is 0. The van der Waals surface area contributed by atoms with Crippen LogP contribution in [-0.4, -0.2) is 19.8 Å². The van der Waals surface area contributed by atoms with Crippen molar-refractivity contribution in [3.05, 3.63) is 22.7 Å². The van der Waals surface area contributed by atoms with E-state index >= 15 is 0 Å². The third kappa shape index (κ3) is 1.95. The molecule has 1 atom stereocenters. The van der Waals surface area contributed by atoms with Crippen LogP contribution in [0.2, 0.25) is 5.02 Å². The van der Waals surface area contributed by atoms with Crippen LogP contribution in [0.4, 0.5) is 4.39 Å². The van der Waals surface area contributed by atoms with Gasteiger partial charge >= 0.3 is 0 Å². The summed E-state index contributed by atoms with van der Waals surface area (Å²) in [5.41, 5.74) is 4.05. The molecular weight excluding hydrogens is 233 g/mol. The molecule has 0 bridgehead atoms. The fraction of sp³-hybridized carbons (Fsp3) is 0.455. The lowest BCUT2D eigenvalue weighted by Gasteiger charge is -2.24. The van der Waals surface area contributed by atoms with Crippen molar-refractivity contribution in [1.82, 2.24) is 0 Å². The highest BCUT2D eigenvalue weighted by Crippen LogP contribution is 2.40.